The van der Waals surface area contributed by atoms with E-state index in [0.717, 1.165) is 18.6 Å². The number of nitrogens with one attached hydrogen (secondary N) is 2. The average molecular weight is 310 g/mol. The van der Waals surface area contributed by atoms with E-state index in [1.54, 1.807) is 6.26 Å². The normalized spacial score (nSPS) is 13.7. The third-order valence-electron chi connectivity index (χ3n) is 3.84. The highest BCUT2D eigenvalue weighted by Gasteiger charge is 2.30. The van der Waals surface area contributed by atoms with Gasteiger partial charge < -0.3 is 19.8 Å². The molecular weight excluding hydrogens is 280 g/mol. The Morgan fingerprint density at radius 3 is 2.41 bits per heavy atom. The molecule has 1 unspecified atom stereocenters. The first kappa shape index (κ1) is 18.6. The summed E-state index contributed by atoms with van der Waals surface area (Å²) in [6, 6.07) is 3.91. The number of alkyl carbamates (subject to hydrolysis) is 1. The van der Waals surface area contributed by atoms with Gasteiger partial charge in [-0.2, -0.15) is 0 Å². The van der Waals surface area contributed by atoms with Gasteiger partial charge in [0.25, 0.3) is 0 Å². The number of carbonyl (C=O) groups excluding carboxylic acids is 1. The standard InChI is InChI=1S/C17H30N2O3/c1-7-17(8-2,19-15(20)22-16(4,5)6)12-18-13(3)14-10-9-11-21-14/h9-11,13,18H,7-8,12H2,1-6H3,(H,19,20). The van der Waals surface area contributed by atoms with Gasteiger partial charge >= 0.3 is 6.09 Å². The molecule has 126 valence electrons. The zero-order chi connectivity index (χ0) is 16.8. The van der Waals surface area contributed by atoms with Crippen LogP contribution in [0.3, 0.4) is 0 Å². The first-order valence-corrected chi connectivity index (χ1v) is 7.99. The highest BCUT2D eigenvalue weighted by Crippen LogP contribution is 2.19. The SMILES string of the molecule is CCC(CC)(CNC(C)c1ccco1)NC(=O)OC(C)(C)C. The van der Waals surface area contributed by atoms with Crippen LogP contribution in [0.1, 0.15) is 66.2 Å². The first-order chi connectivity index (χ1) is 10.2. The fraction of sp³-hybridized carbons (Fsp3) is 0.706. The van der Waals surface area contributed by atoms with Crippen LogP contribution in [-0.2, 0) is 4.74 Å². The molecule has 0 aromatic carbocycles. The van der Waals surface area contributed by atoms with Crippen molar-refractivity contribution in [2.24, 2.45) is 0 Å². The topological polar surface area (TPSA) is 63.5 Å². The minimum atomic E-state index is -0.494. The van der Waals surface area contributed by atoms with Crippen LogP contribution in [-0.4, -0.2) is 23.8 Å². The Balaban J connectivity index is 2.64. The van der Waals surface area contributed by atoms with Crippen molar-refractivity contribution in [3.63, 3.8) is 0 Å². The highest BCUT2D eigenvalue weighted by molar-refractivity contribution is 5.68. The maximum Gasteiger partial charge on any atom is 0.408 e. The second-order valence-corrected chi connectivity index (χ2v) is 6.73. The lowest BCUT2D eigenvalue weighted by Crippen LogP contribution is -2.55. The molecule has 0 aliphatic heterocycles. The van der Waals surface area contributed by atoms with E-state index in [1.807, 2.05) is 39.8 Å². The van der Waals surface area contributed by atoms with Crippen molar-refractivity contribution in [3.05, 3.63) is 24.2 Å². The fourth-order valence-corrected chi connectivity index (χ4v) is 2.23. The molecule has 0 saturated carbocycles. The minimum Gasteiger partial charge on any atom is -0.468 e. The van der Waals surface area contributed by atoms with Crippen LogP contribution in [0.5, 0.6) is 0 Å². The summed E-state index contributed by atoms with van der Waals surface area (Å²) in [5.74, 6) is 0.887. The molecule has 0 saturated heterocycles. The van der Waals surface area contributed by atoms with Crippen LogP contribution in [0.2, 0.25) is 0 Å². The zero-order valence-corrected chi connectivity index (χ0v) is 14.7. The van der Waals surface area contributed by atoms with Crippen molar-refractivity contribution in [1.82, 2.24) is 10.6 Å². The molecule has 0 bridgehead atoms. The van der Waals surface area contributed by atoms with Crippen molar-refractivity contribution in [3.8, 4) is 0 Å². The monoisotopic (exact) mass is 310 g/mol. The van der Waals surface area contributed by atoms with Crippen LogP contribution in [0.15, 0.2) is 22.8 Å². The number of hydrogen-bond acceptors (Lipinski definition) is 4. The van der Waals surface area contributed by atoms with Crippen molar-refractivity contribution in [2.75, 3.05) is 6.54 Å². The van der Waals surface area contributed by atoms with E-state index >= 15 is 0 Å². The molecule has 1 amide bonds. The van der Waals surface area contributed by atoms with Gasteiger partial charge in [0.15, 0.2) is 0 Å². The second-order valence-electron chi connectivity index (χ2n) is 6.73. The van der Waals surface area contributed by atoms with Gasteiger partial charge in [0.2, 0.25) is 0 Å². The number of rotatable bonds is 7. The third kappa shape index (κ3) is 5.72. The maximum absolute atomic E-state index is 12.1. The first-order valence-electron chi connectivity index (χ1n) is 7.99. The Labute approximate surface area is 133 Å². The van der Waals surface area contributed by atoms with E-state index < -0.39 is 5.60 Å². The van der Waals surface area contributed by atoms with Crippen LogP contribution in [0.25, 0.3) is 0 Å². The van der Waals surface area contributed by atoms with Gasteiger partial charge in [-0.1, -0.05) is 13.8 Å². The van der Waals surface area contributed by atoms with Crippen LogP contribution >= 0.6 is 0 Å². The summed E-state index contributed by atoms with van der Waals surface area (Å²) < 4.78 is 10.8. The number of carbonyl (C=O) groups is 1. The predicted molar refractivity (Wildman–Crippen MR) is 87.8 cm³/mol. The largest absolute Gasteiger partial charge is 0.468 e. The Hall–Kier alpha value is -1.49. The fourth-order valence-electron chi connectivity index (χ4n) is 2.23. The molecule has 1 rings (SSSR count). The summed E-state index contributed by atoms with van der Waals surface area (Å²) in [6.07, 6.45) is 2.93. The van der Waals surface area contributed by atoms with Gasteiger partial charge in [0, 0.05) is 6.54 Å². The zero-order valence-electron chi connectivity index (χ0n) is 14.7. The molecule has 1 aromatic heterocycles. The smallest absolute Gasteiger partial charge is 0.408 e. The average Bonchev–Trinajstić information content (AvgIpc) is 2.95. The molecule has 2 N–H and O–H groups in total. The number of amides is 1. The Kier molecular flexibility index (Phi) is 6.48. The molecule has 22 heavy (non-hydrogen) atoms. The summed E-state index contributed by atoms with van der Waals surface area (Å²) in [5, 5.41) is 6.46. The van der Waals surface area contributed by atoms with E-state index in [2.05, 4.69) is 24.5 Å². The molecule has 0 spiro atoms. The van der Waals surface area contributed by atoms with Crippen molar-refractivity contribution >= 4 is 6.09 Å². The quantitative estimate of drug-likeness (QED) is 0.798. The number of furan rings is 1. The molecule has 0 aliphatic carbocycles. The van der Waals surface area contributed by atoms with E-state index in [4.69, 9.17) is 9.15 Å². The van der Waals surface area contributed by atoms with Crippen molar-refractivity contribution < 1.29 is 13.9 Å². The maximum atomic E-state index is 12.1. The highest BCUT2D eigenvalue weighted by atomic mass is 16.6. The molecule has 1 atom stereocenters. The van der Waals surface area contributed by atoms with Gasteiger partial charge in [-0.3, -0.25) is 0 Å². The van der Waals surface area contributed by atoms with E-state index in [0.29, 0.717) is 6.54 Å². The predicted octanol–water partition coefficient (Wildman–Crippen LogP) is 4.01. The van der Waals surface area contributed by atoms with Gasteiger partial charge in [0.1, 0.15) is 11.4 Å². The summed E-state index contributed by atoms with van der Waals surface area (Å²) in [7, 11) is 0. The Morgan fingerprint density at radius 2 is 1.95 bits per heavy atom. The Bertz CT molecular complexity index is 445. The van der Waals surface area contributed by atoms with Gasteiger partial charge in [-0.15, -0.1) is 0 Å². The molecule has 5 nitrogen and oxygen atoms in total. The van der Waals surface area contributed by atoms with Crippen molar-refractivity contribution in [1.29, 1.82) is 0 Å². The lowest BCUT2D eigenvalue weighted by Gasteiger charge is -2.35. The summed E-state index contributed by atoms with van der Waals surface area (Å²) in [6.45, 7) is 12.4. The van der Waals surface area contributed by atoms with Crippen LogP contribution < -0.4 is 10.6 Å². The molecular formula is C17H30N2O3. The third-order valence-corrected chi connectivity index (χ3v) is 3.84. The van der Waals surface area contributed by atoms with E-state index in [9.17, 15) is 4.79 Å². The lowest BCUT2D eigenvalue weighted by molar-refractivity contribution is 0.0444. The molecule has 0 fully saturated rings. The van der Waals surface area contributed by atoms with E-state index in [1.165, 1.54) is 0 Å². The molecule has 1 heterocycles. The van der Waals surface area contributed by atoms with Crippen LogP contribution in [0.4, 0.5) is 4.79 Å². The second kappa shape index (κ2) is 7.68. The number of ether oxygens (including phenoxy) is 1. The number of hydrogen-bond donors (Lipinski definition) is 2. The van der Waals surface area contributed by atoms with Gasteiger partial charge in [0.05, 0.1) is 17.8 Å². The minimum absolute atomic E-state index is 0.0907. The lowest BCUT2D eigenvalue weighted by atomic mass is 9.92. The molecule has 5 heteroatoms. The van der Waals surface area contributed by atoms with Crippen molar-refractivity contribution in [2.45, 2.75) is 71.6 Å². The van der Waals surface area contributed by atoms with Gasteiger partial charge in [-0.05, 0) is 52.7 Å². The molecule has 0 radical (unpaired) electrons. The van der Waals surface area contributed by atoms with Gasteiger partial charge in [-0.25, -0.2) is 4.79 Å². The summed E-state index contributed by atoms with van der Waals surface area (Å²) in [4.78, 5) is 12.1. The molecule has 0 aliphatic rings. The summed E-state index contributed by atoms with van der Waals surface area (Å²) >= 11 is 0. The Morgan fingerprint density at radius 1 is 1.32 bits per heavy atom. The van der Waals surface area contributed by atoms with E-state index in [-0.39, 0.29) is 17.7 Å². The summed E-state index contributed by atoms with van der Waals surface area (Å²) in [5.41, 5.74) is -0.824. The van der Waals surface area contributed by atoms with Crippen LogP contribution in [0, 0.1) is 0 Å². The molecule has 1 aromatic rings.